The molecule has 3 N–H and O–H groups in total. The third kappa shape index (κ3) is 9.25. The average molecular weight is 541 g/mol. The molecule has 0 aliphatic carbocycles. The molecule has 0 unspecified atom stereocenters. The SMILES string of the molecule is CC(C)c1ccc(CNC(=O)C(=O)N/N=C\c2cccc(OCC(=O)Nc3cc(Cl)cc(Cl)c3)c2)cc1. The van der Waals surface area contributed by atoms with Crippen LogP contribution in [0.25, 0.3) is 0 Å². The predicted molar refractivity (Wildman–Crippen MR) is 145 cm³/mol. The van der Waals surface area contributed by atoms with Crippen LogP contribution in [0.2, 0.25) is 10.0 Å². The molecule has 0 aromatic heterocycles. The van der Waals surface area contributed by atoms with Crippen LogP contribution in [0.15, 0.2) is 71.8 Å². The standard InChI is InChI=1S/C27H26Cl2N4O4/c1-17(2)20-8-6-18(7-9-20)14-30-26(35)27(36)33-31-15-19-4-3-5-24(10-19)37-16-25(34)32-23-12-21(28)11-22(29)13-23/h3-13,15,17H,14,16H2,1-2H3,(H,30,35)(H,32,34)(H,33,36)/b31-15-. The topological polar surface area (TPSA) is 109 Å². The van der Waals surface area contributed by atoms with Gasteiger partial charge in [-0.3, -0.25) is 14.4 Å². The molecule has 3 amide bonds. The maximum Gasteiger partial charge on any atom is 0.329 e. The van der Waals surface area contributed by atoms with Crippen molar-refractivity contribution >= 4 is 52.8 Å². The maximum atomic E-state index is 12.2. The first-order chi connectivity index (χ1) is 17.7. The Balaban J connectivity index is 1.44. The summed E-state index contributed by atoms with van der Waals surface area (Å²) in [6.45, 7) is 4.18. The van der Waals surface area contributed by atoms with Crippen LogP contribution in [0.3, 0.4) is 0 Å². The molecule has 3 rings (SSSR count). The summed E-state index contributed by atoms with van der Waals surface area (Å²) in [5.41, 5.74) is 5.31. The number of ether oxygens (including phenoxy) is 1. The van der Waals surface area contributed by atoms with Gasteiger partial charge in [0.15, 0.2) is 6.61 Å². The third-order valence-electron chi connectivity index (χ3n) is 5.06. The van der Waals surface area contributed by atoms with Gasteiger partial charge in [0.25, 0.3) is 5.91 Å². The number of rotatable bonds is 9. The molecule has 0 spiro atoms. The van der Waals surface area contributed by atoms with Crippen molar-refractivity contribution in [2.45, 2.75) is 26.3 Å². The number of carbonyl (C=O) groups excluding carboxylic acids is 3. The lowest BCUT2D eigenvalue weighted by molar-refractivity contribution is -0.139. The van der Waals surface area contributed by atoms with Crippen molar-refractivity contribution in [1.29, 1.82) is 0 Å². The van der Waals surface area contributed by atoms with E-state index in [1.807, 2.05) is 24.3 Å². The lowest BCUT2D eigenvalue weighted by Crippen LogP contribution is -2.37. The van der Waals surface area contributed by atoms with Gasteiger partial charge in [-0.2, -0.15) is 5.10 Å². The minimum absolute atomic E-state index is 0.228. The molecule has 0 fully saturated rings. The Morgan fingerprint density at radius 1 is 0.946 bits per heavy atom. The molecular weight excluding hydrogens is 515 g/mol. The fourth-order valence-corrected chi connectivity index (χ4v) is 3.68. The third-order valence-corrected chi connectivity index (χ3v) is 5.50. The molecule has 3 aromatic rings. The first-order valence-corrected chi connectivity index (χ1v) is 12.1. The van der Waals surface area contributed by atoms with E-state index in [0.29, 0.717) is 33.0 Å². The fourth-order valence-electron chi connectivity index (χ4n) is 3.16. The normalized spacial score (nSPS) is 10.8. The van der Waals surface area contributed by atoms with E-state index in [0.717, 1.165) is 5.56 Å². The Labute approximate surface area is 225 Å². The van der Waals surface area contributed by atoms with Crippen LogP contribution in [0.1, 0.15) is 36.5 Å². The largest absolute Gasteiger partial charge is 0.484 e. The van der Waals surface area contributed by atoms with Gasteiger partial charge < -0.3 is 15.4 Å². The van der Waals surface area contributed by atoms with Crippen molar-refractivity contribution in [2.24, 2.45) is 5.10 Å². The molecule has 0 bridgehead atoms. The Morgan fingerprint density at radius 2 is 1.65 bits per heavy atom. The molecule has 0 aliphatic heterocycles. The van der Waals surface area contributed by atoms with Gasteiger partial charge in [0, 0.05) is 22.3 Å². The van der Waals surface area contributed by atoms with Crippen molar-refractivity contribution in [3.8, 4) is 5.75 Å². The number of amides is 3. The molecule has 192 valence electrons. The summed E-state index contributed by atoms with van der Waals surface area (Å²) in [5.74, 6) is -1.25. The number of nitrogens with one attached hydrogen (secondary N) is 3. The zero-order valence-corrected chi connectivity index (χ0v) is 21.8. The monoisotopic (exact) mass is 540 g/mol. The Kier molecular flexibility index (Phi) is 10.1. The van der Waals surface area contributed by atoms with Gasteiger partial charge in [-0.05, 0) is 52.9 Å². The van der Waals surface area contributed by atoms with Crippen LogP contribution in [0.5, 0.6) is 5.75 Å². The molecule has 0 atom stereocenters. The zero-order chi connectivity index (χ0) is 26.8. The van der Waals surface area contributed by atoms with Gasteiger partial charge in [-0.15, -0.1) is 0 Å². The second-order valence-electron chi connectivity index (χ2n) is 8.35. The van der Waals surface area contributed by atoms with Crippen LogP contribution in [0, 0.1) is 0 Å². The van der Waals surface area contributed by atoms with Crippen molar-refractivity contribution in [3.05, 3.63) is 93.5 Å². The Bertz CT molecular complexity index is 1270. The molecule has 10 heteroatoms. The van der Waals surface area contributed by atoms with Gasteiger partial charge in [-0.1, -0.05) is 73.4 Å². The highest BCUT2D eigenvalue weighted by Crippen LogP contribution is 2.22. The molecule has 37 heavy (non-hydrogen) atoms. The lowest BCUT2D eigenvalue weighted by atomic mass is 10.0. The molecule has 0 radical (unpaired) electrons. The van der Waals surface area contributed by atoms with E-state index in [4.69, 9.17) is 27.9 Å². The summed E-state index contributed by atoms with van der Waals surface area (Å²) in [5, 5.41) is 9.82. The molecule has 0 heterocycles. The summed E-state index contributed by atoms with van der Waals surface area (Å²) >= 11 is 11.9. The van der Waals surface area contributed by atoms with Crippen LogP contribution >= 0.6 is 23.2 Å². The van der Waals surface area contributed by atoms with Gasteiger partial charge >= 0.3 is 11.8 Å². The van der Waals surface area contributed by atoms with Crippen molar-refractivity contribution in [1.82, 2.24) is 10.7 Å². The number of benzene rings is 3. The number of hydrazone groups is 1. The smallest absolute Gasteiger partial charge is 0.329 e. The minimum Gasteiger partial charge on any atom is -0.484 e. The lowest BCUT2D eigenvalue weighted by Gasteiger charge is -2.09. The quantitative estimate of drug-likeness (QED) is 0.203. The number of hydrogen-bond donors (Lipinski definition) is 3. The second-order valence-corrected chi connectivity index (χ2v) is 9.22. The van der Waals surface area contributed by atoms with E-state index in [2.05, 4.69) is 35.0 Å². The van der Waals surface area contributed by atoms with Crippen molar-refractivity contribution < 1.29 is 19.1 Å². The number of anilines is 1. The zero-order valence-electron chi connectivity index (χ0n) is 20.3. The molecule has 0 saturated carbocycles. The van der Waals surface area contributed by atoms with Crippen LogP contribution in [-0.4, -0.2) is 30.5 Å². The van der Waals surface area contributed by atoms with E-state index in [1.165, 1.54) is 11.8 Å². The predicted octanol–water partition coefficient (Wildman–Crippen LogP) is 4.90. The number of carbonyl (C=O) groups is 3. The van der Waals surface area contributed by atoms with E-state index >= 15 is 0 Å². The van der Waals surface area contributed by atoms with Crippen LogP contribution in [-0.2, 0) is 20.9 Å². The average Bonchev–Trinajstić information content (AvgIpc) is 2.86. The highest BCUT2D eigenvalue weighted by molar-refractivity contribution is 6.35. The minimum atomic E-state index is -0.889. The van der Waals surface area contributed by atoms with Gasteiger partial charge in [-0.25, -0.2) is 5.43 Å². The summed E-state index contributed by atoms with van der Waals surface area (Å²) in [6, 6.07) is 19.2. The number of hydrogen-bond acceptors (Lipinski definition) is 5. The first kappa shape index (κ1) is 27.7. The van der Waals surface area contributed by atoms with Crippen molar-refractivity contribution in [2.75, 3.05) is 11.9 Å². The summed E-state index contributed by atoms with van der Waals surface area (Å²) in [7, 11) is 0. The number of halogens is 2. The van der Waals surface area contributed by atoms with Gasteiger partial charge in [0.05, 0.1) is 6.21 Å². The van der Waals surface area contributed by atoms with Crippen LogP contribution < -0.4 is 20.8 Å². The van der Waals surface area contributed by atoms with E-state index < -0.39 is 17.7 Å². The Hall–Kier alpha value is -3.88. The molecule has 0 aliphatic rings. The van der Waals surface area contributed by atoms with E-state index in [-0.39, 0.29) is 13.2 Å². The summed E-state index contributed by atoms with van der Waals surface area (Å²) in [4.78, 5) is 36.2. The van der Waals surface area contributed by atoms with Gasteiger partial charge in [0.2, 0.25) is 0 Å². The molecular formula is C27H26Cl2N4O4. The van der Waals surface area contributed by atoms with E-state index in [1.54, 1.807) is 42.5 Å². The second kappa shape index (κ2) is 13.4. The molecule has 8 nitrogen and oxygen atoms in total. The fraction of sp³-hybridized carbons (Fsp3) is 0.185. The van der Waals surface area contributed by atoms with Gasteiger partial charge in [0.1, 0.15) is 5.75 Å². The van der Waals surface area contributed by atoms with Crippen LogP contribution in [0.4, 0.5) is 5.69 Å². The summed E-state index contributed by atoms with van der Waals surface area (Å²) < 4.78 is 5.51. The highest BCUT2D eigenvalue weighted by atomic mass is 35.5. The first-order valence-electron chi connectivity index (χ1n) is 11.4. The molecule has 0 saturated heterocycles. The Morgan fingerprint density at radius 3 is 2.32 bits per heavy atom. The summed E-state index contributed by atoms with van der Waals surface area (Å²) in [6.07, 6.45) is 1.36. The maximum absolute atomic E-state index is 12.2. The van der Waals surface area contributed by atoms with Crippen molar-refractivity contribution in [3.63, 3.8) is 0 Å². The highest BCUT2D eigenvalue weighted by Gasteiger charge is 2.12. The number of nitrogens with zero attached hydrogens (tertiary/aromatic N) is 1. The molecule has 3 aromatic carbocycles. The van der Waals surface area contributed by atoms with E-state index in [9.17, 15) is 14.4 Å².